The van der Waals surface area contributed by atoms with Gasteiger partial charge in [-0.3, -0.25) is 4.98 Å². The van der Waals surface area contributed by atoms with Crippen molar-refractivity contribution in [1.29, 1.82) is 0 Å². The molecule has 27 heavy (non-hydrogen) atoms. The minimum atomic E-state index is 0.625. The second kappa shape index (κ2) is 6.60. The Labute approximate surface area is 155 Å². The summed E-state index contributed by atoms with van der Waals surface area (Å²) < 4.78 is 7.89. The Morgan fingerprint density at radius 3 is 2.74 bits per heavy atom. The van der Waals surface area contributed by atoms with E-state index in [2.05, 4.69) is 15.3 Å². The van der Waals surface area contributed by atoms with Crippen molar-refractivity contribution >= 4 is 0 Å². The fourth-order valence-corrected chi connectivity index (χ4v) is 3.26. The zero-order valence-corrected chi connectivity index (χ0v) is 14.5. The van der Waals surface area contributed by atoms with Gasteiger partial charge in [0.15, 0.2) is 5.82 Å². The number of rotatable bonds is 4. The molecule has 0 saturated heterocycles. The first kappa shape index (κ1) is 15.6. The van der Waals surface area contributed by atoms with Gasteiger partial charge in [0.2, 0.25) is 5.88 Å². The maximum Gasteiger partial charge on any atom is 0.226 e. The Balaban J connectivity index is 1.54. The maximum absolute atomic E-state index is 6.19. The topological polar surface area (TPSA) is 78.6 Å². The molecule has 4 aromatic rings. The van der Waals surface area contributed by atoms with E-state index in [9.17, 15) is 0 Å². The van der Waals surface area contributed by atoms with E-state index in [1.165, 1.54) is 0 Å². The van der Waals surface area contributed by atoms with Gasteiger partial charge in [0, 0.05) is 29.6 Å². The maximum atomic E-state index is 6.19. The lowest BCUT2D eigenvalue weighted by molar-refractivity contribution is 0.456. The van der Waals surface area contributed by atoms with Crippen LogP contribution >= 0.6 is 0 Å². The number of aromatic nitrogens is 6. The fraction of sp³-hybridized carbons (Fsp3) is 0.150. The molecular formula is C20H16N6O. The van der Waals surface area contributed by atoms with Crippen molar-refractivity contribution in [1.82, 2.24) is 29.9 Å². The van der Waals surface area contributed by atoms with E-state index in [0.717, 1.165) is 41.8 Å². The van der Waals surface area contributed by atoms with Crippen LogP contribution in [0.2, 0.25) is 0 Å². The van der Waals surface area contributed by atoms with E-state index in [-0.39, 0.29) is 0 Å². The summed E-state index contributed by atoms with van der Waals surface area (Å²) in [6.07, 6.45) is 9.88. The van der Waals surface area contributed by atoms with Crippen molar-refractivity contribution in [2.24, 2.45) is 0 Å². The number of hydrogen-bond acceptors (Lipinski definition) is 6. The van der Waals surface area contributed by atoms with Crippen LogP contribution in [0.1, 0.15) is 17.7 Å². The second-order valence-corrected chi connectivity index (χ2v) is 6.31. The molecule has 5 rings (SSSR count). The molecule has 1 aromatic carbocycles. The highest BCUT2D eigenvalue weighted by atomic mass is 16.5. The van der Waals surface area contributed by atoms with Gasteiger partial charge < -0.3 is 4.74 Å². The molecule has 0 unspecified atom stereocenters. The monoisotopic (exact) mass is 356 g/mol. The molecule has 132 valence electrons. The average molecular weight is 356 g/mol. The van der Waals surface area contributed by atoms with Crippen LogP contribution in [0.5, 0.6) is 11.6 Å². The summed E-state index contributed by atoms with van der Waals surface area (Å²) >= 11 is 0. The van der Waals surface area contributed by atoms with Gasteiger partial charge in [0.25, 0.3) is 0 Å². The average Bonchev–Trinajstić information content (AvgIpc) is 3.41. The highest BCUT2D eigenvalue weighted by molar-refractivity contribution is 5.56. The van der Waals surface area contributed by atoms with Crippen LogP contribution in [0, 0.1) is 0 Å². The minimum Gasteiger partial charge on any atom is -0.439 e. The van der Waals surface area contributed by atoms with Crippen molar-refractivity contribution in [3.8, 4) is 28.7 Å². The number of fused-ring (bicyclic) bond motifs is 1. The zero-order valence-electron chi connectivity index (χ0n) is 14.5. The van der Waals surface area contributed by atoms with Crippen LogP contribution in [0.3, 0.4) is 0 Å². The minimum absolute atomic E-state index is 0.625. The smallest absolute Gasteiger partial charge is 0.226 e. The quantitative estimate of drug-likeness (QED) is 0.558. The third-order valence-electron chi connectivity index (χ3n) is 4.55. The van der Waals surface area contributed by atoms with Crippen LogP contribution in [-0.4, -0.2) is 29.9 Å². The Kier molecular flexibility index (Phi) is 3.82. The Morgan fingerprint density at radius 2 is 1.89 bits per heavy atom. The molecule has 1 aliphatic carbocycles. The van der Waals surface area contributed by atoms with Crippen LogP contribution in [-0.2, 0) is 12.8 Å². The summed E-state index contributed by atoms with van der Waals surface area (Å²) in [5, 5.41) is 7.88. The van der Waals surface area contributed by atoms with Gasteiger partial charge in [0.1, 0.15) is 5.75 Å². The molecule has 0 atom stereocenters. The molecule has 0 fully saturated rings. The molecule has 0 amide bonds. The van der Waals surface area contributed by atoms with Gasteiger partial charge >= 0.3 is 0 Å². The summed E-state index contributed by atoms with van der Waals surface area (Å²) in [4.78, 5) is 13.5. The molecule has 7 heteroatoms. The summed E-state index contributed by atoms with van der Waals surface area (Å²) in [5.74, 6) is 2.00. The standard InChI is InChI=1S/C20H16N6O/c1-3-15(26-12-11-22-25-26)13-16(4-1)27-20-17-5-2-6-18(17)23-19(24-20)14-7-9-21-10-8-14/h1,3-4,7-13H,2,5-6H2. The molecule has 0 N–H and O–H groups in total. The van der Waals surface area contributed by atoms with E-state index in [4.69, 9.17) is 14.7 Å². The summed E-state index contributed by atoms with van der Waals surface area (Å²) in [6.45, 7) is 0. The molecule has 0 aliphatic heterocycles. The number of nitrogens with zero attached hydrogens (tertiary/aromatic N) is 6. The van der Waals surface area contributed by atoms with E-state index in [1.807, 2.05) is 36.4 Å². The summed E-state index contributed by atoms with van der Waals surface area (Å²) in [7, 11) is 0. The number of benzene rings is 1. The van der Waals surface area contributed by atoms with E-state index >= 15 is 0 Å². The van der Waals surface area contributed by atoms with Gasteiger partial charge in [-0.25, -0.2) is 9.67 Å². The van der Waals surface area contributed by atoms with Crippen molar-refractivity contribution in [2.75, 3.05) is 0 Å². The van der Waals surface area contributed by atoms with Gasteiger partial charge in [-0.15, -0.1) is 5.10 Å². The van der Waals surface area contributed by atoms with Gasteiger partial charge in [-0.05, 0) is 43.5 Å². The molecule has 1 aliphatic rings. The molecule has 0 spiro atoms. The first-order valence-corrected chi connectivity index (χ1v) is 8.81. The van der Waals surface area contributed by atoms with Gasteiger partial charge in [0.05, 0.1) is 23.8 Å². The van der Waals surface area contributed by atoms with E-state index < -0.39 is 0 Å². The third kappa shape index (κ3) is 3.03. The number of aryl methyl sites for hydroxylation is 1. The zero-order chi connectivity index (χ0) is 18.1. The highest BCUT2D eigenvalue weighted by Crippen LogP contribution is 2.33. The first-order chi connectivity index (χ1) is 13.4. The Hall–Kier alpha value is -3.61. The Morgan fingerprint density at radius 1 is 0.963 bits per heavy atom. The van der Waals surface area contributed by atoms with Gasteiger partial charge in [-0.2, -0.15) is 4.98 Å². The van der Waals surface area contributed by atoms with E-state index in [0.29, 0.717) is 17.5 Å². The van der Waals surface area contributed by atoms with E-state index in [1.54, 1.807) is 29.5 Å². The molecule has 0 saturated carbocycles. The van der Waals surface area contributed by atoms with Gasteiger partial charge in [-0.1, -0.05) is 11.3 Å². The normalized spacial score (nSPS) is 12.7. The van der Waals surface area contributed by atoms with Crippen LogP contribution < -0.4 is 4.74 Å². The largest absolute Gasteiger partial charge is 0.439 e. The number of ether oxygens (including phenoxy) is 1. The molecule has 7 nitrogen and oxygen atoms in total. The molecule has 0 radical (unpaired) electrons. The highest BCUT2D eigenvalue weighted by Gasteiger charge is 2.21. The second-order valence-electron chi connectivity index (χ2n) is 6.31. The van der Waals surface area contributed by atoms with Crippen LogP contribution in [0.25, 0.3) is 17.1 Å². The Bertz CT molecular complexity index is 1080. The molecule has 0 bridgehead atoms. The lowest BCUT2D eigenvalue weighted by Crippen LogP contribution is -2.01. The summed E-state index contributed by atoms with van der Waals surface area (Å²) in [5.41, 5.74) is 3.98. The molecule has 3 heterocycles. The number of pyridine rings is 1. The predicted octanol–water partition coefficient (Wildman–Crippen LogP) is 3.40. The first-order valence-electron chi connectivity index (χ1n) is 8.81. The van der Waals surface area contributed by atoms with Crippen LogP contribution in [0.15, 0.2) is 61.2 Å². The fourth-order valence-electron chi connectivity index (χ4n) is 3.26. The number of hydrogen-bond donors (Lipinski definition) is 0. The molecule has 3 aromatic heterocycles. The van der Waals surface area contributed by atoms with Crippen molar-refractivity contribution in [3.05, 3.63) is 72.4 Å². The lowest BCUT2D eigenvalue weighted by atomic mass is 10.2. The van der Waals surface area contributed by atoms with Crippen LogP contribution in [0.4, 0.5) is 0 Å². The lowest BCUT2D eigenvalue weighted by Gasteiger charge is -2.12. The predicted molar refractivity (Wildman–Crippen MR) is 98.7 cm³/mol. The molecular weight excluding hydrogens is 340 g/mol. The van der Waals surface area contributed by atoms with Crippen molar-refractivity contribution < 1.29 is 4.74 Å². The van der Waals surface area contributed by atoms with Crippen molar-refractivity contribution in [3.63, 3.8) is 0 Å². The summed E-state index contributed by atoms with van der Waals surface area (Å²) in [6, 6.07) is 11.5. The third-order valence-corrected chi connectivity index (χ3v) is 4.55. The van der Waals surface area contributed by atoms with Crippen molar-refractivity contribution in [2.45, 2.75) is 19.3 Å². The SMILES string of the molecule is c1cc(Oc2nc(-c3ccncc3)nc3c2CCC3)cc(-n2ccnn2)c1.